The van der Waals surface area contributed by atoms with Gasteiger partial charge in [0.05, 0.1) is 26.0 Å². The molecule has 0 saturated carbocycles. The number of amides is 1. The molecule has 30 heavy (non-hydrogen) atoms. The van der Waals surface area contributed by atoms with Crippen LogP contribution >= 0.6 is 11.3 Å². The molecule has 0 unspecified atom stereocenters. The Morgan fingerprint density at radius 2 is 1.53 bits per heavy atom. The molecule has 1 amide bonds. The first-order chi connectivity index (χ1) is 14.2. The van der Waals surface area contributed by atoms with E-state index >= 15 is 0 Å². The zero-order chi connectivity index (χ0) is 22.0. The maximum Gasteiger partial charge on any atom is 0.279 e. The van der Waals surface area contributed by atoms with Gasteiger partial charge in [-0.3, -0.25) is 40.5 Å². The topological polar surface area (TPSA) is 171 Å². The zero-order valence-corrected chi connectivity index (χ0v) is 15.9. The number of hydrogen-bond donors (Lipinski definition) is 1. The maximum absolute atomic E-state index is 12.5. The number of carbonyl (C=O) groups excluding carboxylic acids is 1. The average molecular weight is 429 g/mol. The highest BCUT2D eigenvalue weighted by molar-refractivity contribution is 7.14. The maximum atomic E-state index is 12.5. The Labute approximate surface area is 171 Å². The first-order valence-electron chi connectivity index (χ1n) is 8.12. The number of benzene rings is 2. The van der Waals surface area contributed by atoms with Crippen LogP contribution in [0.2, 0.25) is 0 Å². The predicted octanol–water partition coefficient (Wildman–Crippen LogP) is 4.10. The van der Waals surface area contributed by atoms with Gasteiger partial charge in [-0.15, -0.1) is 11.3 Å². The Hall–Kier alpha value is -4.26. The van der Waals surface area contributed by atoms with E-state index in [1.807, 2.05) is 0 Å². The van der Waals surface area contributed by atoms with Crippen molar-refractivity contribution in [1.29, 1.82) is 0 Å². The van der Waals surface area contributed by atoms with Gasteiger partial charge in [0.15, 0.2) is 5.13 Å². The minimum absolute atomic E-state index is 0.0786. The number of anilines is 1. The second kappa shape index (κ2) is 8.00. The number of aromatic nitrogens is 1. The molecule has 0 fully saturated rings. The molecule has 0 saturated heterocycles. The highest BCUT2D eigenvalue weighted by Crippen LogP contribution is 2.31. The lowest BCUT2D eigenvalue weighted by Gasteiger charge is -2.05. The number of carbonyl (C=O) groups is 1. The number of nitrogens with zero attached hydrogens (tertiary/aromatic N) is 4. The second-order valence-corrected chi connectivity index (χ2v) is 6.81. The summed E-state index contributed by atoms with van der Waals surface area (Å²) < 4.78 is 0. The Morgan fingerprint density at radius 1 is 0.967 bits per heavy atom. The molecule has 0 spiro atoms. The third kappa shape index (κ3) is 4.10. The molecule has 0 atom stereocenters. The van der Waals surface area contributed by atoms with Crippen LogP contribution in [-0.2, 0) is 0 Å². The molecular weight excluding hydrogens is 418 g/mol. The summed E-state index contributed by atoms with van der Waals surface area (Å²) in [4.78, 5) is 47.6. The van der Waals surface area contributed by atoms with Gasteiger partial charge >= 0.3 is 0 Å². The Morgan fingerprint density at radius 3 is 2.03 bits per heavy atom. The van der Waals surface area contributed by atoms with Crippen LogP contribution in [0.15, 0.2) is 41.8 Å². The lowest BCUT2D eigenvalue weighted by molar-refractivity contribution is -0.395. The van der Waals surface area contributed by atoms with Gasteiger partial charge in [-0.05, 0) is 19.1 Å². The third-order valence-corrected chi connectivity index (χ3v) is 4.86. The van der Waals surface area contributed by atoms with Crippen LogP contribution in [0.4, 0.5) is 22.2 Å². The molecule has 0 aliphatic rings. The van der Waals surface area contributed by atoms with Gasteiger partial charge in [0.25, 0.3) is 23.0 Å². The minimum Gasteiger partial charge on any atom is -0.298 e. The molecule has 3 aromatic rings. The molecule has 0 bridgehead atoms. The molecule has 1 N–H and O–H groups in total. The van der Waals surface area contributed by atoms with E-state index in [9.17, 15) is 35.1 Å². The van der Waals surface area contributed by atoms with Crippen LogP contribution in [0.1, 0.15) is 15.9 Å². The van der Waals surface area contributed by atoms with Gasteiger partial charge < -0.3 is 0 Å². The average Bonchev–Trinajstić information content (AvgIpc) is 3.16. The quantitative estimate of drug-likeness (QED) is 0.450. The first kappa shape index (κ1) is 20.5. The van der Waals surface area contributed by atoms with Gasteiger partial charge in [0.1, 0.15) is 5.56 Å². The van der Waals surface area contributed by atoms with Crippen molar-refractivity contribution in [3.05, 3.63) is 83.2 Å². The van der Waals surface area contributed by atoms with Crippen LogP contribution in [0.3, 0.4) is 0 Å². The second-order valence-electron chi connectivity index (χ2n) is 5.95. The molecule has 0 radical (unpaired) electrons. The molecule has 0 aliphatic heterocycles. The van der Waals surface area contributed by atoms with Crippen LogP contribution < -0.4 is 5.32 Å². The van der Waals surface area contributed by atoms with Crippen molar-refractivity contribution in [2.75, 3.05) is 5.32 Å². The molecule has 3 rings (SSSR count). The molecule has 2 aromatic carbocycles. The fourth-order valence-electron chi connectivity index (χ4n) is 2.58. The summed E-state index contributed by atoms with van der Waals surface area (Å²) in [5.41, 5.74) is -0.544. The van der Waals surface area contributed by atoms with Gasteiger partial charge in [-0.1, -0.05) is 0 Å². The smallest absolute Gasteiger partial charge is 0.279 e. The normalized spacial score (nSPS) is 10.4. The number of thiazole rings is 1. The van der Waals surface area contributed by atoms with Gasteiger partial charge in [-0.2, -0.15) is 0 Å². The van der Waals surface area contributed by atoms with Crippen molar-refractivity contribution in [3.8, 4) is 11.3 Å². The van der Waals surface area contributed by atoms with Crippen LogP contribution in [0.25, 0.3) is 11.3 Å². The molecule has 0 aliphatic carbocycles. The molecule has 152 valence electrons. The van der Waals surface area contributed by atoms with Gasteiger partial charge in [0, 0.05) is 35.2 Å². The monoisotopic (exact) mass is 429 g/mol. The van der Waals surface area contributed by atoms with E-state index in [4.69, 9.17) is 0 Å². The molecule has 12 nitrogen and oxygen atoms in total. The van der Waals surface area contributed by atoms with E-state index in [1.165, 1.54) is 31.2 Å². The summed E-state index contributed by atoms with van der Waals surface area (Å²) in [7, 11) is 0. The number of hydrogen-bond acceptors (Lipinski definition) is 9. The number of non-ortho nitro benzene ring substituents is 1. The summed E-state index contributed by atoms with van der Waals surface area (Å²) in [5, 5.41) is 37.2. The van der Waals surface area contributed by atoms with E-state index in [2.05, 4.69) is 10.3 Å². The number of nitrogens with one attached hydrogen (secondary N) is 1. The van der Waals surface area contributed by atoms with Crippen LogP contribution in [0, 0.1) is 37.3 Å². The standard InChI is InChI=1S/C17H11N5O7S/c1-9-14(21(26)27)6-11(7-15(9)22(28)29)16(23)19-17-18-13(8-30-17)10-2-4-12(5-3-10)20(24)25/h2-8H,1H3,(H,18,19,23). The van der Waals surface area contributed by atoms with E-state index < -0.39 is 32.1 Å². The summed E-state index contributed by atoms with van der Waals surface area (Å²) in [6, 6.07) is 7.57. The van der Waals surface area contributed by atoms with E-state index in [1.54, 1.807) is 5.38 Å². The minimum atomic E-state index is -0.800. The fourth-order valence-corrected chi connectivity index (χ4v) is 3.30. The lowest BCUT2D eigenvalue weighted by Crippen LogP contribution is -2.13. The summed E-state index contributed by atoms with van der Waals surface area (Å²) in [6.45, 7) is 1.23. The van der Waals surface area contributed by atoms with Crippen LogP contribution in [0.5, 0.6) is 0 Å². The first-order valence-corrected chi connectivity index (χ1v) is 9.00. The predicted molar refractivity (Wildman–Crippen MR) is 107 cm³/mol. The number of nitro groups is 3. The lowest BCUT2D eigenvalue weighted by atomic mass is 10.1. The van der Waals surface area contributed by atoms with E-state index in [0.717, 1.165) is 23.5 Å². The zero-order valence-electron chi connectivity index (χ0n) is 15.1. The van der Waals surface area contributed by atoms with Crippen molar-refractivity contribution >= 4 is 39.4 Å². The van der Waals surface area contributed by atoms with Crippen molar-refractivity contribution in [2.24, 2.45) is 0 Å². The highest BCUT2D eigenvalue weighted by Gasteiger charge is 2.25. The Bertz CT molecular complexity index is 1150. The third-order valence-electron chi connectivity index (χ3n) is 4.11. The Kier molecular flexibility index (Phi) is 5.46. The van der Waals surface area contributed by atoms with Crippen molar-refractivity contribution in [3.63, 3.8) is 0 Å². The van der Waals surface area contributed by atoms with E-state index in [-0.39, 0.29) is 21.9 Å². The summed E-state index contributed by atoms with van der Waals surface area (Å²) in [6.07, 6.45) is 0. The van der Waals surface area contributed by atoms with Gasteiger partial charge in [0.2, 0.25) is 0 Å². The summed E-state index contributed by atoms with van der Waals surface area (Å²) >= 11 is 1.06. The SMILES string of the molecule is Cc1c([N+](=O)[O-])cc(C(=O)Nc2nc(-c3ccc([N+](=O)[O-])cc3)cs2)cc1[N+](=O)[O-]. The van der Waals surface area contributed by atoms with Crippen molar-refractivity contribution < 1.29 is 19.6 Å². The van der Waals surface area contributed by atoms with Crippen molar-refractivity contribution in [1.82, 2.24) is 4.98 Å². The molecule has 13 heteroatoms. The Balaban J connectivity index is 1.86. The largest absolute Gasteiger partial charge is 0.298 e. The number of rotatable bonds is 6. The highest BCUT2D eigenvalue weighted by atomic mass is 32.1. The van der Waals surface area contributed by atoms with Crippen LogP contribution in [-0.4, -0.2) is 25.7 Å². The van der Waals surface area contributed by atoms with Crippen molar-refractivity contribution in [2.45, 2.75) is 6.92 Å². The fraction of sp³-hybridized carbons (Fsp3) is 0.0588. The molecule has 1 aromatic heterocycles. The molecular formula is C17H11N5O7S. The van der Waals surface area contributed by atoms with Gasteiger partial charge in [-0.25, -0.2) is 4.98 Å². The van der Waals surface area contributed by atoms with E-state index in [0.29, 0.717) is 11.3 Å². The number of nitro benzene ring substituents is 3. The molecule has 1 heterocycles. The summed E-state index contributed by atoms with van der Waals surface area (Å²) in [5.74, 6) is -0.800.